The molecule has 0 spiro atoms. The zero-order valence-corrected chi connectivity index (χ0v) is 11.7. The lowest BCUT2D eigenvalue weighted by atomic mass is 9.97. The lowest BCUT2D eigenvalue weighted by Gasteiger charge is -2.23. The molecule has 0 aliphatic carbocycles. The minimum atomic E-state index is -0.827. The van der Waals surface area contributed by atoms with Gasteiger partial charge in [-0.15, -0.1) is 0 Å². The maximum absolute atomic E-state index is 12.4. The third-order valence-electron chi connectivity index (χ3n) is 3.56. The molecule has 2 rings (SSSR count). The first-order valence-electron chi connectivity index (χ1n) is 6.92. The monoisotopic (exact) mass is 276 g/mol. The van der Waals surface area contributed by atoms with Crippen molar-refractivity contribution < 1.29 is 14.7 Å². The van der Waals surface area contributed by atoms with E-state index in [9.17, 15) is 9.59 Å². The van der Waals surface area contributed by atoms with Crippen LogP contribution in [-0.2, 0) is 11.2 Å². The summed E-state index contributed by atoms with van der Waals surface area (Å²) < 4.78 is 0. The van der Waals surface area contributed by atoms with Crippen LogP contribution in [0, 0.1) is 0 Å². The summed E-state index contributed by atoms with van der Waals surface area (Å²) in [4.78, 5) is 24.5. The Bertz CT molecular complexity index is 514. The van der Waals surface area contributed by atoms with Crippen LogP contribution in [0.5, 0.6) is 0 Å². The van der Waals surface area contributed by atoms with E-state index in [1.165, 1.54) is 0 Å². The van der Waals surface area contributed by atoms with Crippen LogP contribution in [0.15, 0.2) is 18.2 Å². The van der Waals surface area contributed by atoms with E-state index < -0.39 is 5.97 Å². The highest BCUT2D eigenvalue weighted by atomic mass is 16.4. The van der Waals surface area contributed by atoms with Gasteiger partial charge in [0.25, 0.3) is 5.91 Å². The molecule has 0 bridgehead atoms. The van der Waals surface area contributed by atoms with Gasteiger partial charge in [0, 0.05) is 37.8 Å². The Morgan fingerprint density at radius 2 is 2.20 bits per heavy atom. The van der Waals surface area contributed by atoms with Crippen LogP contribution < -0.4 is 5.32 Å². The Hall–Kier alpha value is -2.04. The summed E-state index contributed by atoms with van der Waals surface area (Å²) in [7, 11) is 1.72. The molecule has 1 heterocycles. The zero-order valence-electron chi connectivity index (χ0n) is 11.7. The van der Waals surface area contributed by atoms with Gasteiger partial charge < -0.3 is 15.3 Å². The Labute approximate surface area is 118 Å². The normalized spacial score (nSPS) is 13.2. The van der Waals surface area contributed by atoms with Crippen LogP contribution in [-0.4, -0.2) is 42.0 Å². The highest BCUT2D eigenvalue weighted by Crippen LogP contribution is 2.26. The number of benzene rings is 1. The third-order valence-corrected chi connectivity index (χ3v) is 3.56. The Morgan fingerprint density at radius 3 is 2.95 bits per heavy atom. The van der Waals surface area contributed by atoms with E-state index in [-0.39, 0.29) is 12.3 Å². The second kappa shape index (κ2) is 6.41. The van der Waals surface area contributed by atoms with Crippen molar-refractivity contribution >= 4 is 17.6 Å². The molecule has 2 N–H and O–H groups in total. The molecule has 0 saturated carbocycles. The van der Waals surface area contributed by atoms with Gasteiger partial charge in [0.15, 0.2) is 0 Å². The smallest absolute Gasteiger partial charge is 0.303 e. The van der Waals surface area contributed by atoms with Crippen LogP contribution in [0.2, 0.25) is 0 Å². The van der Waals surface area contributed by atoms with Gasteiger partial charge in [-0.25, -0.2) is 0 Å². The van der Waals surface area contributed by atoms with E-state index in [0.717, 1.165) is 36.2 Å². The van der Waals surface area contributed by atoms with E-state index >= 15 is 0 Å². The summed E-state index contributed by atoms with van der Waals surface area (Å²) in [5, 5.41) is 11.9. The number of aliphatic carboxylic acids is 1. The standard InChI is InChI=1S/C15H20N2O3/c1-17(10-4-8-14(18)19)15(20)12-5-2-7-13-11(12)6-3-9-16-13/h2,5,7,16H,3-4,6,8-10H2,1H3,(H,18,19). The fraction of sp³-hybridized carbons (Fsp3) is 0.467. The molecule has 0 unspecified atom stereocenters. The zero-order chi connectivity index (χ0) is 14.5. The molecule has 108 valence electrons. The van der Waals surface area contributed by atoms with Crippen molar-refractivity contribution in [3.05, 3.63) is 29.3 Å². The van der Waals surface area contributed by atoms with Crippen LogP contribution >= 0.6 is 0 Å². The van der Waals surface area contributed by atoms with Crippen molar-refractivity contribution in [3.63, 3.8) is 0 Å². The first kappa shape index (κ1) is 14.4. The van der Waals surface area contributed by atoms with Crippen LogP contribution in [0.1, 0.15) is 35.2 Å². The largest absolute Gasteiger partial charge is 0.481 e. The minimum absolute atomic E-state index is 0.0315. The average Bonchev–Trinajstić information content (AvgIpc) is 2.45. The maximum Gasteiger partial charge on any atom is 0.303 e. The van der Waals surface area contributed by atoms with E-state index in [2.05, 4.69) is 5.32 Å². The van der Waals surface area contributed by atoms with Crippen molar-refractivity contribution in [3.8, 4) is 0 Å². The average molecular weight is 276 g/mol. The first-order chi connectivity index (χ1) is 9.59. The molecule has 1 amide bonds. The van der Waals surface area contributed by atoms with Crippen LogP contribution in [0.4, 0.5) is 5.69 Å². The van der Waals surface area contributed by atoms with Crippen LogP contribution in [0.3, 0.4) is 0 Å². The molecule has 20 heavy (non-hydrogen) atoms. The highest BCUT2D eigenvalue weighted by Gasteiger charge is 2.19. The van der Waals surface area contributed by atoms with Gasteiger partial charge in [0.05, 0.1) is 0 Å². The number of carbonyl (C=O) groups is 2. The van der Waals surface area contributed by atoms with Gasteiger partial charge in [-0.05, 0) is 37.0 Å². The molecule has 5 heteroatoms. The number of nitrogens with one attached hydrogen (secondary N) is 1. The summed E-state index contributed by atoms with van der Waals surface area (Å²) in [6.45, 7) is 1.40. The molecular weight excluding hydrogens is 256 g/mol. The predicted molar refractivity (Wildman–Crippen MR) is 77.1 cm³/mol. The van der Waals surface area contributed by atoms with Crippen molar-refractivity contribution in [2.45, 2.75) is 25.7 Å². The number of carboxylic acid groups (broad SMARTS) is 1. The number of amides is 1. The van der Waals surface area contributed by atoms with Gasteiger partial charge >= 0.3 is 5.97 Å². The van der Waals surface area contributed by atoms with E-state index in [1.807, 2.05) is 18.2 Å². The minimum Gasteiger partial charge on any atom is -0.481 e. The molecule has 5 nitrogen and oxygen atoms in total. The molecule has 0 fully saturated rings. The summed E-state index contributed by atoms with van der Waals surface area (Å²) >= 11 is 0. The SMILES string of the molecule is CN(CCCC(=O)O)C(=O)c1cccc2c1CCCN2. The van der Waals surface area contributed by atoms with Crippen molar-refractivity contribution in [1.82, 2.24) is 4.90 Å². The summed E-state index contributed by atoms with van der Waals surface area (Å²) in [6.07, 6.45) is 2.50. The predicted octanol–water partition coefficient (Wildman–Crippen LogP) is 1.98. The molecular formula is C15H20N2O3. The lowest BCUT2D eigenvalue weighted by Crippen LogP contribution is -2.29. The van der Waals surface area contributed by atoms with E-state index in [4.69, 9.17) is 5.11 Å². The lowest BCUT2D eigenvalue weighted by molar-refractivity contribution is -0.137. The fourth-order valence-electron chi connectivity index (χ4n) is 2.49. The number of rotatable bonds is 5. The molecule has 1 aromatic rings. The molecule has 0 atom stereocenters. The molecule has 1 aliphatic rings. The summed E-state index contributed by atoms with van der Waals surface area (Å²) in [6, 6.07) is 5.73. The number of hydrogen-bond donors (Lipinski definition) is 2. The summed E-state index contributed by atoms with van der Waals surface area (Å²) in [5.74, 6) is -0.858. The number of nitrogens with zero attached hydrogens (tertiary/aromatic N) is 1. The fourth-order valence-corrected chi connectivity index (χ4v) is 2.49. The number of carboxylic acids is 1. The molecule has 0 saturated heterocycles. The number of anilines is 1. The second-order valence-corrected chi connectivity index (χ2v) is 5.09. The number of hydrogen-bond acceptors (Lipinski definition) is 3. The van der Waals surface area contributed by atoms with Gasteiger partial charge in [0.1, 0.15) is 0 Å². The first-order valence-corrected chi connectivity index (χ1v) is 6.92. The molecule has 1 aromatic carbocycles. The van der Waals surface area contributed by atoms with Gasteiger partial charge in [-0.1, -0.05) is 6.07 Å². The number of fused-ring (bicyclic) bond motifs is 1. The Morgan fingerprint density at radius 1 is 1.40 bits per heavy atom. The quantitative estimate of drug-likeness (QED) is 0.862. The molecule has 0 aromatic heterocycles. The number of carbonyl (C=O) groups excluding carboxylic acids is 1. The van der Waals surface area contributed by atoms with Crippen molar-refractivity contribution in [1.29, 1.82) is 0 Å². The van der Waals surface area contributed by atoms with Gasteiger partial charge in [-0.3, -0.25) is 9.59 Å². The topological polar surface area (TPSA) is 69.6 Å². The van der Waals surface area contributed by atoms with Gasteiger partial charge in [0.2, 0.25) is 0 Å². The third kappa shape index (κ3) is 3.29. The van der Waals surface area contributed by atoms with Crippen molar-refractivity contribution in [2.24, 2.45) is 0 Å². The van der Waals surface area contributed by atoms with Gasteiger partial charge in [-0.2, -0.15) is 0 Å². The Balaban J connectivity index is 2.07. The van der Waals surface area contributed by atoms with E-state index in [1.54, 1.807) is 11.9 Å². The maximum atomic E-state index is 12.4. The highest BCUT2D eigenvalue weighted by molar-refractivity contribution is 5.97. The van der Waals surface area contributed by atoms with Crippen LogP contribution in [0.25, 0.3) is 0 Å². The van der Waals surface area contributed by atoms with E-state index in [0.29, 0.717) is 13.0 Å². The molecule has 0 radical (unpaired) electrons. The van der Waals surface area contributed by atoms with Crippen molar-refractivity contribution in [2.75, 3.05) is 25.5 Å². The molecule has 1 aliphatic heterocycles. The second-order valence-electron chi connectivity index (χ2n) is 5.09. The Kier molecular flexibility index (Phi) is 4.61. The summed E-state index contributed by atoms with van der Waals surface area (Å²) in [5.41, 5.74) is 2.85.